The summed E-state index contributed by atoms with van der Waals surface area (Å²) in [5, 5.41) is 4.54. The molecule has 1 aromatic rings. The molecule has 0 saturated carbocycles. The van der Waals surface area contributed by atoms with E-state index in [0.717, 1.165) is 54.5 Å². The van der Waals surface area contributed by atoms with Crippen LogP contribution in [0.4, 0.5) is 5.82 Å². The highest BCUT2D eigenvalue weighted by Gasteiger charge is 2.22. The SMILES string of the molecule is CCC/C(=C\N(C)C)c1cnc(C2CCN(C)CC2)c(Br)c(N)n(C)nc1. The van der Waals surface area contributed by atoms with E-state index in [0.29, 0.717) is 11.7 Å². The van der Waals surface area contributed by atoms with Crippen LogP contribution in [0.1, 0.15) is 49.8 Å². The highest BCUT2D eigenvalue weighted by molar-refractivity contribution is 9.10. The third-order valence-electron chi connectivity index (χ3n) is 4.92. The van der Waals surface area contributed by atoms with Gasteiger partial charge >= 0.3 is 0 Å². The predicted molar refractivity (Wildman–Crippen MR) is 117 cm³/mol. The van der Waals surface area contributed by atoms with Crippen LogP contribution in [-0.4, -0.2) is 58.8 Å². The van der Waals surface area contributed by atoms with E-state index in [-0.39, 0.29) is 0 Å². The molecule has 1 saturated heterocycles. The largest absolute Gasteiger partial charge is 0.383 e. The fourth-order valence-corrected chi connectivity index (χ4v) is 3.99. The number of aromatic nitrogens is 3. The van der Waals surface area contributed by atoms with Crippen molar-refractivity contribution in [2.45, 2.75) is 38.5 Å². The summed E-state index contributed by atoms with van der Waals surface area (Å²) in [7, 11) is 8.12. The Morgan fingerprint density at radius 1 is 1.30 bits per heavy atom. The molecule has 1 fully saturated rings. The fourth-order valence-electron chi connectivity index (χ4n) is 3.31. The van der Waals surface area contributed by atoms with Crippen molar-refractivity contribution >= 4 is 27.3 Å². The smallest absolute Gasteiger partial charge is 0.135 e. The zero-order valence-electron chi connectivity index (χ0n) is 17.2. The number of aryl methyl sites for hydroxylation is 1. The quantitative estimate of drug-likeness (QED) is 0.760. The Hall–Kier alpha value is -1.60. The highest BCUT2D eigenvalue weighted by atomic mass is 79.9. The summed E-state index contributed by atoms with van der Waals surface area (Å²) in [5.41, 5.74) is 9.63. The Labute approximate surface area is 171 Å². The van der Waals surface area contributed by atoms with E-state index >= 15 is 0 Å². The van der Waals surface area contributed by atoms with E-state index in [2.05, 4.69) is 51.0 Å². The molecule has 0 atom stereocenters. The van der Waals surface area contributed by atoms with Gasteiger partial charge in [0, 0.05) is 45.0 Å². The molecule has 0 spiro atoms. The van der Waals surface area contributed by atoms with Crippen LogP contribution in [0.25, 0.3) is 5.57 Å². The molecule has 2 rings (SSSR count). The van der Waals surface area contributed by atoms with Gasteiger partial charge in [-0.3, -0.25) is 9.67 Å². The van der Waals surface area contributed by atoms with E-state index in [1.807, 2.05) is 33.5 Å². The van der Waals surface area contributed by atoms with Crippen LogP contribution in [0.15, 0.2) is 23.1 Å². The maximum atomic E-state index is 6.35. The zero-order valence-corrected chi connectivity index (χ0v) is 18.8. The first-order chi connectivity index (χ1) is 12.8. The van der Waals surface area contributed by atoms with Crippen molar-refractivity contribution in [3.63, 3.8) is 0 Å². The molecule has 1 aromatic heterocycles. The summed E-state index contributed by atoms with van der Waals surface area (Å²) in [5.74, 6) is 0.984. The van der Waals surface area contributed by atoms with E-state index in [9.17, 15) is 0 Å². The van der Waals surface area contributed by atoms with Gasteiger partial charge in [0.15, 0.2) is 0 Å². The molecule has 0 radical (unpaired) electrons. The van der Waals surface area contributed by atoms with Crippen molar-refractivity contribution < 1.29 is 0 Å². The first kappa shape index (κ1) is 21.7. The topological polar surface area (TPSA) is 63.2 Å². The third kappa shape index (κ3) is 5.94. The van der Waals surface area contributed by atoms with Crippen LogP contribution in [0.3, 0.4) is 0 Å². The van der Waals surface area contributed by atoms with Crippen molar-refractivity contribution in [3.05, 3.63) is 34.3 Å². The van der Waals surface area contributed by atoms with Gasteiger partial charge in [0.1, 0.15) is 5.82 Å². The summed E-state index contributed by atoms with van der Waals surface area (Å²) in [6.45, 7) is 4.34. The van der Waals surface area contributed by atoms with Crippen molar-refractivity contribution in [2.75, 3.05) is 40.0 Å². The van der Waals surface area contributed by atoms with Gasteiger partial charge in [0.05, 0.1) is 16.4 Å². The lowest BCUT2D eigenvalue weighted by Crippen LogP contribution is -2.29. The standard InChI is InChI=1S/C20H33BrN6/c1-6-7-16(14-25(2)3)17-12-23-19(15-8-10-26(4)11-9-15)18(21)20(22)27(5)24-13-17/h12-15H,6-11,22H2,1-5H3/b16-14+,17-12?,20-18?,23-19?,24-13?. The number of hydrogen-bond acceptors (Lipinski definition) is 5. The minimum absolute atomic E-state index is 0.394. The maximum absolute atomic E-state index is 6.35. The number of hydrogen-bond donors (Lipinski definition) is 1. The summed E-state index contributed by atoms with van der Waals surface area (Å²) >= 11 is 3.70. The fraction of sp³-hybridized carbons (Fsp3) is 0.600. The average molecular weight is 437 g/mol. The van der Waals surface area contributed by atoms with Crippen LogP contribution in [0.2, 0.25) is 0 Å². The summed E-state index contributed by atoms with van der Waals surface area (Å²) in [6.07, 6.45) is 10.2. The Balaban J connectivity index is 2.61. The monoisotopic (exact) mass is 436 g/mol. The molecule has 2 heterocycles. The minimum Gasteiger partial charge on any atom is -0.383 e. The van der Waals surface area contributed by atoms with E-state index in [1.54, 1.807) is 4.68 Å². The van der Waals surface area contributed by atoms with Crippen molar-refractivity contribution in [2.24, 2.45) is 7.05 Å². The molecule has 150 valence electrons. The molecule has 2 N–H and O–H groups in total. The highest BCUT2D eigenvalue weighted by Crippen LogP contribution is 2.33. The number of halogens is 1. The molecular formula is C20H33BrN6. The van der Waals surface area contributed by atoms with Gasteiger partial charge in [0.25, 0.3) is 0 Å². The average Bonchev–Trinajstić information content (AvgIpc) is 2.68. The number of nitrogens with two attached hydrogens (primary N) is 1. The molecular weight excluding hydrogens is 404 g/mol. The number of anilines is 1. The first-order valence-electron chi connectivity index (χ1n) is 9.60. The lowest BCUT2D eigenvalue weighted by Gasteiger charge is -2.28. The summed E-state index contributed by atoms with van der Waals surface area (Å²) in [6, 6.07) is 0. The second kappa shape index (κ2) is 10.1. The van der Waals surface area contributed by atoms with Crippen LogP contribution in [0.5, 0.6) is 0 Å². The minimum atomic E-state index is 0.394. The number of nitrogen functional groups attached to an aromatic ring is 1. The van der Waals surface area contributed by atoms with Gasteiger partial charge in [-0.25, -0.2) is 0 Å². The number of piperidine rings is 1. The molecule has 0 aliphatic carbocycles. The van der Waals surface area contributed by atoms with Crippen molar-refractivity contribution in [1.82, 2.24) is 24.6 Å². The van der Waals surface area contributed by atoms with Crippen LogP contribution >= 0.6 is 15.9 Å². The Morgan fingerprint density at radius 2 is 1.96 bits per heavy atom. The molecule has 27 heavy (non-hydrogen) atoms. The molecule has 1 aliphatic rings. The van der Waals surface area contributed by atoms with Gasteiger partial charge in [-0.1, -0.05) is 13.3 Å². The lowest BCUT2D eigenvalue weighted by atomic mass is 9.93. The molecule has 0 amide bonds. The van der Waals surface area contributed by atoms with E-state index in [4.69, 9.17) is 10.7 Å². The summed E-state index contributed by atoms with van der Waals surface area (Å²) < 4.78 is 2.57. The predicted octanol–water partition coefficient (Wildman–Crippen LogP) is 3.80. The third-order valence-corrected chi connectivity index (χ3v) is 5.73. The molecule has 7 heteroatoms. The number of nitrogens with zero attached hydrogens (tertiary/aromatic N) is 5. The van der Waals surface area contributed by atoms with E-state index < -0.39 is 0 Å². The number of rotatable bonds is 5. The zero-order chi connectivity index (χ0) is 20.0. The molecule has 0 bridgehead atoms. The second-order valence-corrected chi connectivity index (χ2v) is 8.30. The van der Waals surface area contributed by atoms with Gasteiger partial charge < -0.3 is 15.5 Å². The molecule has 1 aliphatic heterocycles. The molecule has 0 unspecified atom stereocenters. The van der Waals surface area contributed by atoms with Gasteiger partial charge in [-0.2, -0.15) is 5.10 Å². The Kier molecular flexibility index (Phi) is 8.10. The number of likely N-dealkylation sites (tertiary alicyclic amines) is 1. The number of allylic oxidation sites excluding steroid dienone is 1. The van der Waals surface area contributed by atoms with Crippen LogP contribution in [0, 0.1) is 0 Å². The normalized spacial score (nSPS) is 16.3. The molecule has 0 aromatic carbocycles. The first-order valence-corrected chi connectivity index (χ1v) is 10.4. The van der Waals surface area contributed by atoms with Crippen LogP contribution in [-0.2, 0) is 7.05 Å². The second-order valence-electron chi connectivity index (χ2n) is 7.51. The van der Waals surface area contributed by atoms with Crippen LogP contribution < -0.4 is 5.73 Å². The molecule has 6 nitrogen and oxygen atoms in total. The van der Waals surface area contributed by atoms with Gasteiger partial charge in [-0.15, -0.1) is 0 Å². The van der Waals surface area contributed by atoms with Crippen molar-refractivity contribution in [1.29, 1.82) is 0 Å². The van der Waals surface area contributed by atoms with Gasteiger partial charge in [0.2, 0.25) is 0 Å². The van der Waals surface area contributed by atoms with Crippen molar-refractivity contribution in [3.8, 4) is 0 Å². The maximum Gasteiger partial charge on any atom is 0.135 e. The van der Waals surface area contributed by atoms with Gasteiger partial charge in [-0.05, 0) is 60.9 Å². The lowest BCUT2D eigenvalue weighted by molar-refractivity contribution is 0.253. The summed E-state index contributed by atoms with van der Waals surface area (Å²) in [4.78, 5) is 9.36. The Bertz CT molecular complexity index is 716. The Morgan fingerprint density at radius 3 is 2.56 bits per heavy atom. The van der Waals surface area contributed by atoms with E-state index in [1.165, 1.54) is 5.57 Å².